The van der Waals surface area contributed by atoms with Crippen LogP contribution >= 0.6 is 11.3 Å². The average molecular weight is 281 g/mol. The minimum Gasteiger partial charge on any atom is -0.344 e. The van der Waals surface area contributed by atoms with E-state index in [1.807, 2.05) is 13.8 Å². The first-order chi connectivity index (χ1) is 8.98. The molecule has 1 aromatic heterocycles. The zero-order valence-corrected chi connectivity index (χ0v) is 12.8. The van der Waals surface area contributed by atoms with Crippen molar-refractivity contribution in [1.82, 2.24) is 10.3 Å². The molecule has 3 N–H and O–H groups in total. The lowest BCUT2D eigenvalue weighted by atomic mass is 9.73. The number of hydrogen-bond acceptors (Lipinski definition) is 4. The number of carbonyl (C=O) groups is 1. The van der Waals surface area contributed by atoms with Gasteiger partial charge in [-0.05, 0) is 32.6 Å². The van der Waals surface area contributed by atoms with E-state index >= 15 is 0 Å². The maximum absolute atomic E-state index is 12.5. The second kappa shape index (κ2) is 5.59. The highest BCUT2D eigenvalue weighted by Crippen LogP contribution is 2.33. The highest BCUT2D eigenvalue weighted by molar-refractivity contribution is 7.13. The molecule has 2 atom stereocenters. The van der Waals surface area contributed by atoms with Gasteiger partial charge in [0.2, 0.25) is 0 Å². The van der Waals surface area contributed by atoms with E-state index < -0.39 is 0 Å². The Hall–Kier alpha value is -0.940. The monoisotopic (exact) mass is 281 g/mol. The number of hydrogen-bond donors (Lipinski definition) is 2. The quantitative estimate of drug-likeness (QED) is 0.894. The Kier molecular flexibility index (Phi) is 4.26. The van der Waals surface area contributed by atoms with Crippen molar-refractivity contribution in [2.24, 2.45) is 11.7 Å². The summed E-state index contributed by atoms with van der Waals surface area (Å²) in [5.41, 5.74) is 6.55. The molecule has 1 aliphatic rings. The molecule has 4 nitrogen and oxygen atoms in total. The van der Waals surface area contributed by atoms with Crippen molar-refractivity contribution in [2.75, 3.05) is 6.54 Å². The lowest BCUT2D eigenvalue weighted by Gasteiger charge is -2.42. The van der Waals surface area contributed by atoms with Crippen LogP contribution in [0.4, 0.5) is 0 Å². The maximum Gasteiger partial charge on any atom is 0.263 e. The summed E-state index contributed by atoms with van der Waals surface area (Å²) in [6.07, 6.45) is 4.49. The van der Waals surface area contributed by atoms with Gasteiger partial charge >= 0.3 is 0 Å². The van der Waals surface area contributed by atoms with Crippen molar-refractivity contribution in [3.63, 3.8) is 0 Å². The Labute approximate surface area is 118 Å². The Morgan fingerprint density at radius 2 is 2.26 bits per heavy atom. The molecule has 0 radical (unpaired) electrons. The first-order valence-corrected chi connectivity index (χ1v) is 7.77. The van der Waals surface area contributed by atoms with Gasteiger partial charge in [-0.3, -0.25) is 4.79 Å². The molecule has 0 aromatic carbocycles. The lowest BCUT2D eigenvalue weighted by Crippen LogP contribution is -2.59. The van der Waals surface area contributed by atoms with Gasteiger partial charge in [0.05, 0.1) is 16.2 Å². The molecule has 2 unspecified atom stereocenters. The molecule has 1 fully saturated rings. The molecule has 1 aromatic rings. The van der Waals surface area contributed by atoms with E-state index in [9.17, 15) is 4.79 Å². The lowest BCUT2D eigenvalue weighted by molar-refractivity contribution is 0.0816. The molecule has 0 bridgehead atoms. The van der Waals surface area contributed by atoms with E-state index in [0.717, 1.165) is 34.8 Å². The number of nitrogens with zero attached hydrogens (tertiary/aromatic N) is 1. The third-order valence-electron chi connectivity index (χ3n) is 4.29. The number of amides is 1. The standard InChI is InChI=1S/C14H23N3OS/c1-9-6-4-5-7-14(9,8-15)17-13(18)12-10(2)16-11(3)19-12/h9H,4-8,15H2,1-3H3,(H,17,18). The SMILES string of the molecule is Cc1nc(C)c(C(=O)NC2(CN)CCCCC2C)s1. The number of aryl methyl sites for hydroxylation is 2. The van der Waals surface area contributed by atoms with Crippen molar-refractivity contribution < 1.29 is 4.79 Å². The molecule has 19 heavy (non-hydrogen) atoms. The maximum atomic E-state index is 12.5. The molecule has 5 heteroatoms. The van der Waals surface area contributed by atoms with Gasteiger partial charge in [-0.15, -0.1) is 11.3 Å². The van der Waals surface area contributed by atoms with Gasteiger partial charge in [0.1, 0.15) is 4.88 Å². The summed E-state index contributed by atoms with van der Waals surface area (Å²) in [5, 5.41) is 4.14. The first kappa shape index (κ1) is 14.5. The zero-order chi connectivity index (χ0) is 14.0. The van der Waals surface area contributed by atoms with Crippen LogP contribution < -0.4 is 11.1 Å². The molecule has 1 heterocycles. The van der Waals surface area contributed by atoms with E-state index in [4.69, 9.17) is 5.73 Å². The molecule has 1 amide bonds. The predicted octanol–water partition coefficient (Wildman–Crippen LogP) is 2.40. The number of carbonyl (C=O) groups excluding carboxylic acids is 1. The Morgan fingerprint density at radius 1 is 1.53 bits per heavy atom. The normalized spacial score (nSPS) is 27.3. The van der Waals surface area contributed by atoms with Crippen LogP contribution in [0.15, 0.2) is 0 Å². The largest absolute Gasteiger partial charge is 0.344 e. The van der Waals surface area contributed by atoms with Crippen LogP contribution in [0, 0.1) is 19.8 Å². The number of nitrogens with one attached hydrogen (secondary N) is 1. The van der Waals surface area contributed by atoms with E-state index in [1.165, 1.54) is 17.8 Å². The summed E-state index contributed by atoms with van der Waals surface area (Å²) in [5.74, 6) is 0.423. The van der Waals surface area contributed by atoms with Gasteiger partial charge in [-0.25, -0.2) is 4.98 Å². The van der Waals surface area contributed by atoms with Crippen LogP contribution in [0.2, 0.25) is 0 Å². The Bertz CT molecular complexity index is 471. The van der Waals surface area contributed by atoms with E-state index in [-0.39, 0.29) is 11.4 Å². The summed E-state index contributed by atoms with van der Waals surface area (Å²) in [6.45, 7) is 6.52. The van der Waals surface area contributed by atoms with Gasteiger partial charge in [0.25, 0.3) is 5.91 Å². The second-order valence-electron chi connectivity index (χ2n) is 5.61. The van der Waals surface area contributed by atoms with Crippen LogP contribution in [0.5, 0.6) is 0 Å². The van der Waals surface area contributed by atoms with Crippen LogP contribution in [0.3, 0.4) is 0 Å². The van der Waals surface area contributed by atoms with E-state index in [1.54, 1.807) is 0 Å². The molecule has 106 valence electrons. The van der Waals surface area contributed by atoms with Crippen molar-refractivity contribution >= 4 is 17.2 Å². The molecular formula is C14H23N3OS. The molecule has 2 rings (SSSR count). The molecular weight excluding hydrogens is 258 g/mol. The third-order valence-corrected chi connectivity index (χ3v) is 5.36. The van der Waals surface area contributed by atoms with Gasteiger partial charge in [-0.1, -0.05) is 19.8 Å². The van der Waals surface area contributed by atoms with Gasteiger partial charge in [0.15, 0.2) is 0 Å². The number of aromatic nitrogens is 1. The molecule has 1 aliphatic carbocycles. The fraction of sp³-hybridized carbons (Fsp3) is 0.714. The molecule has 0 aliphatic heterocycles. The van der Waals surface area contributed by atoms with Crippen molar-refractivity contribution in [3.8, 4) is 0 Å². The van der Waals surface area contributed by atoms with Crippen LogP contribution in [-0.4, -0.2) is 23.0 Å². The first-order valence-electron chi connectivity index (χ1n) is 6.95. The summed E-state index contributed by atoms with van der Waals surface area (Å²) in [4.78, 5) is 17.5. The van der Waals surface area contributed by atoms with Gasteiger partial charge in [-0.2, -0.15) is 0 Å². The van der Waals surface area contributed by atoms with E-state index in [2.05, 4.69) is 17.2 Å². The van der Waals surface area contributed by atoms with Gasteiger partial charge < -0.3 is 11.1 Å². The fourth-order valence-corrected chi connectivity index (χ4v) is 3.79. The predicted molar refractivity (Wildman–Crippen MR) is 78.5 cm³/mol. The molecule has 0 saturated heterocycles. The van der Waals surface area contributed by atoms with Crippen LogP contribution in [-0.2, 0) is 0 Å². The molecule has 1 saturated carbocycles. The minimum absolute atomic E-state index is 0.0118. The van der Waals surface area contributed by atoms with Gasteiger partial charge in [0, 0.05) is 6.54 Å². The number of rotatable bonds is 3. The highest BCUT2D eigenvalue weighted by Gasteiger charge is 2.38. The summed E-state index contributed by atoms with van der Waals surface area (Å²) < 4.78 is 0. The number of thiazole rings is 1. The van der Waals surface area contributed by atoms with Crippen molar-refractivity contribution in [3.05, 3.63) is 15.6 Å². The Morgan fingerprint density at radius 3 is 2.79 bits per heavy atom. The average Bonchev–Trinajstić information content (AvgIpc) is 2.71. The smallest absolute Gasteiger partial charge is 0.263 e. The fourth-order valence-electron chi connectivity index (χ4n) is 2.98. The topological polar surface area (TPSA) is 68.0 Å². The highest BCUT2D eigenvalue weighted by atomic mass is 32.1. The third kappa shape index (κ3) is 2.82. The van der Waals surface area contributed by atoms with Crippen LogP contribution in [0.1, 0.15) is 53.0 Å². The van der Waals surface area contributed by atoms with Crippen molar-refractivity contribution in [2.45, 2.75) is 52.0 Å². The van der Waals surface area contributed by atoms with E-state index in [0.29, 0.717) is 12.5 Å². The summed E-state index contributed by atoms with van der Waals surface area (Å²) in [7, 11) is 0. The second-order valence-corrected chi connectivity index (χ2v) is 6.81. The minimum atomic E-state index is -0.236. The van der Waals surface area contributed by atoms with Crippen molar-refractivity contribution in [1.29, 1.82) is 0 Å². The molecule has 0 spiro atoms. The number of nitrogens with two attached hydrogens (primary N) is 1. The zero-order valence-electron chi connectivity index (χ0n) is 12.0. The summed E-state index contributed by atoms with van der Waals surface area (Å²) >= 11 is 1.46. The summed E-state index contributed by atoms with van der Waals surface area (Å²) in [6, 6.07) is 0. The van der Waals surface area contributed by atoms with Crippen LogP contribution in [0.25, 0.3) is 0 Å². The Balaban J connectivity index is 2.18.